The molecule has 0 aliphatic rings. The standard InChI is InChI=1S/C13H11Cl2NS/c14-10-3-1-9(2-4-10)8-17-13-7-11(15)5-6-12(13)16/h1-7H,8,16H2. The van der Waals surface area contributed by atoms with E-state index >= 15 is 0 Å². The number of hydrogen-bond acceptors (Lipinski definition) is 2. The second-order valence-corrected chi connectivity index (χ2v) is 5.49. The summed E-state index contributed by atoms with van der Waals surface area (Å²) in [6.45, 7) is 0. The Morgan fingerprint density at radius 2 is 1.59 bits per heavy atom. The zero-order valence-corrected chi connectivity index (χ0v) is 11.3. The van der Waals surface area contributed by atoms with Crippen LogP contribution in [0.4, 0.5) is 5.69 Å². The number of nitrogens with two attached hydrogens (primary N) is 1. The first-order chi connectivity index (χ1) is 8.15. The molecule has 2 rings (SSSR count). The highest BCUT2D eigenvalue weighted by Crippen LogP contribution is 2.30. The molecule has 0 spiro atoms. The molecule has 0 amide bonds. The topological polar surface area (TPSA) is 26.0 Å². The fourth-order valence-corrected chi connectivity index (χ4v) is 2.70. The molecule has 0 aliphatic heterocycles. The zero-order chi connectivity index (χ0) is 12.3. The Morgan fingerprint density at radius 3 is 2.29 bits per heavy atom. The first-order valence-corrected chi connectivity index (χ1v) is 6.81. The third-order valence-electron chi connectivity index (χ3n) is 2.28. The van der Waals surface area contributed by atoms with Crippen molar-refractivity contribution in [2.24, 2.45) is 0 Å². The lowest BCUT2D eigenvalue weighted by atomic mass is 10.2. The van der Waals surface area contributed by atoms with E-state index in [4.69, 9.17) is 28.9 Å². The number of benzene rings is 2. The van der Waals surface area contributed by atoms with Crippen LogP contribution in [0.5, 0.6) is 0 Å². The van der Waals surface area contributed by atoms with E-state index in [-0.39, 0.29) is 0 Å². The fraction of sp³-hybridized carbons (Fsp3) is 0.0769. The van der Waals surface area contributed by atoms with Crippen molar-refractivity contribution in [2.75, 3.05) is 5.73 Å². The van der Waals surface area contributed by atoms with Crippen LogP contribution in [0.2, 0.25) is 10.0 Å². The minimum atomic E-state index is 0.706. The number of thioether (sulfide) groups is 1. The Morgan fingerprint density at radius 1 is 0.941 bits per heavy atom. The first kappa shape index (κ1) is 12.6. The summed E-state index contributed by atoms with van der Waals surface area (Å²) in [4.78, 5) is 1.01. The van der Waals surface area contributed by atoms with E-state index in [2.05, 4.69) is 0 Å². The molecule has 4 heteroatoms. The smallest absolute Gasteiger partial charge is 0.0453 e. The Bertz CT molecular complexity index is 511. The quantitative estimate of drug-likeness (QED) is 0.643. The predicted molar refractivity (Wildman–Crippen MR) is 76.9 cm³/mol. The number of nitrogen functional groups attached to an aromatic ring is 1. The van der Waals surface area contributed by atoms with Crippen molar-refractivity contribution >= 4 is 40.7 Å². The molecule has 0 saturated heterocycles. The summed E-state index contributed by atoms with van der Waals surface area (Å²) in [5.41, 5.74) is 7.84. The number of rotatable bonds is 3. The second-order valence-electron chi connectivity index (χ2n) is 3.60. The van der Waals surface area contributed by atoms with Gasteiger partial charge in [0, 0.05) is 26.4 Å². The van der Waals surface area contributed by atoms with Crippen LogP contribution < -0.4 is 5.73 Å². The van der Waals surface area contributed by atoms with Crippen LogP contribution in [0.1, 0.15) is 5.56 Å². The van der Waals surface area contributed by atoms with Crippen molar-refractivity contribution in [1.29, 1.82) is 0 Å². The monoisotopic (exact) mass is 283 g/mol. The molecular weight excluding hydrogens is 273 g/mol. The van der Waals surface area contributed by atoms with Gasteiger partial charge in [-0.1, -0.05) is 35.3 Å². The Hall–Kier alpha value is -0.830. The maximum atomic E-state index is 5.93. The molecule has 0 fully saturated rings. The van der Waals surface area contributed by atoms with Crippen LogP contribution in [-0.2, 0) is 5.75 Å². The van der Waals surface area contributed by atoms with E-state index in [9.17, 15) is 0 Å². The summed E-state index contributed by atoms with van der Waals surface area (Å²) >= 11 is 13.4. The lowest BCUT2D eigenvalue weighted by molar-refractivity contribution is 1.38. The summed E-state index contributed by atoms with van der Waals surface area (Å²) < 4.78 is 0. The average Bonchev–Trinajstić information content (AvgIpc) is 2.32. The minimum absolute atomic E-state index is 0.706. The van der Waals surface area contributed by atoms with Gasteiger partial charge in [0.2, 0.25) is 0 Å². The van der Waals surface area contributed by atoms with Crippen molar-refractivity contribution in [3.8, 4) is 0 Å². The average molecular weight is 284 g/mol. The van der Waals surface area contributed by atoms with Crippen LogP contribution in [0, 0.1) is 0 Å². The van der Waals surface area contributed by atoms with E-state index in [0.29, 0.717) is 5.02 Å². The van der Waals surface area contributed by atoms with E-state index in [1.807, 2.05) is 36.4 Å². The molecule has 2 aromatic carbocycles. The Kier molecular flexibility index (Phi) is 4.21. The highest BCUT2D eigenvalue weighted by molar-refractivity contribution is 7.98. The number of anilines is 1. The summed E-state index contributed by atoms with van der Waals surface area (Å²) in [6.07, 6.45) is 0. The Labute approximate surface area is 115 Å². The van der Waals surface area contributed by atoms with Crippen LogP contribution in [0.15, 0.2) is 47.4 Å². The molecule has 0 atom stereocenters. The van der Waals surface area contributed by atoms with Crippen molar-refractivity contribution < 1.29 is 0 Å². The first-order valence-electron chi connectivity index (χ1n) is 5.07. The maximum absolute atomic E-state index is 5.93. The van der Waals surface area contributed by atoms with Gasteiger partial charge >= 0.3 is 0 Å². The van der Waals surface area contributed by atoms with E-state index in [1.165, 1.54) is 5.56 Å². The van der Waals surface area contributed by atoms with Crippen LogP contribution in [0.3, 0.4) is 0 Å². The normalized spacial score (nSPS) is 10.5. The van der Waals surface area contributed by atoms with Crippen molar-refractivity contribution in [3.63, 3.8) is 0 Å². The summed E-state index contributed by atoms with van der Waals surface area (Å²) in [7, 11) is 0. The molecule has 1 nitrogen and oxygen atoms in total. The highest BCUT2D eigenvalue weighted by atomic mass is 35.5. The predicted octanol–water partition coefficient (Wildman–Crippen LogP) is 4.87. The molecule has 0 heterocycles. The molecule has 0 aromatic heterocycles. The molecule has 0 bridgehead atoms. The molecule has 17 heavy (non-hydrogen) atoms. The van der Waals surface area contributed by atoms with Gasteiger partial charge in [-0.2, -0.15) is 0 Å². The van der Waals surface area contributed by atoms with E-state index in [0.717, 1.165) is 21.4 Å². The summed E-state index contributed by atoms with van der Waals surface area (Å²) in [5.74, 6) is 0.849. The van der Waals surface area contributed by atoms with Gasteiger partial charge in [0.05, 0.1) is 0 Å². The molecule has 88 valence electrons. The number of hydrogen-bond donors (Lipinski definition) is 1. The van der Waals surface area contributed by atoms with Gasteiger partial charge in [0.1, 0.15) is 0 Å². The van der Waals surface area contributed by atoms with Crippen LogP contribution in [-0.4, -0.2) is 0 Å². The molecule has 0 radical (unpaired) electrons. The molecule has 2 aromatic rings. The van der Waals surface area contributed by atoms with Gasteiger partial charge in [-0.05, 0) is 35.9 Å². The minimum Gasteiger partial charge on any atom is -0.398 e. The third-order valence-corrected chi connectivity index (χ3v) is 3.91. The largest absolute Gasteiger partial charge is 0.398 e. The van der Waals surface area contributed by atoms with E-state index < -0.39 is 0 Å². The van der Waals surface area contributed by atoms with Gasteiger partial charge in [-0.15, -0.1) is 11.8 Å². The lowest BCUT2D eigenvalue weighted by Crippen LogP contribution is -1.88. The second kappa shape index (κ2) is 5.67. The maximum Gasteiger partial charge on any atom is 0.0453 e. The summed E-state index contributed by atoms with van der Waals surface area (Å²) in [6, 6.07) is 13.3. The van der Waals surface area contributed by atoms with Crippen molar-refractivity contribution in [2.45, 2.75) is 10.6 Å². The van der Waals surface area contributed by atoms with Crippen LogP contribution in [0.25, 0.3) is 0 Å². The van der Waals surface area contributed by atoms with Crippen molar-refractivity contribution in [1.82, 2.24) is 0 Å². The van der Waals surface area contributed by atoms with Gasteiger partial charge in [-0.25, -0.2) is 0 Å². The molecule has 0 saturated carbocycles. The third kappa shape index (κ3) is 3.56. The highest BCUT2D eigenvalue weighted by Gasteiger charge is 2.02. The van der Waals surface area contributed by atoms with Crippen LogP contribution >= 0.6 is 35.0 Å². The molecule has 2 N–H and O–H groups in total. The molecular formula is C13H11Cl2NS. The van der Waals surface area contributed by atoms with Crippen molar-refractivity contribution in [3.05, 3.63) is 58.1 Å². The fourth-order valence-electron chi connectivity index (χ4n) is 1.37. The Balaban J connectivity index is 2.07. The zero-order valence-electron chi connectivity index (χ0n) is 8.99. The van der Waals surface area contributed by atoms with Gasteiger partial charge < -0.3 is 5.73 Å². The van der Waals surface area contributed by atoms with E-state index in [1.54, 1.807) is 17.8 Å². The summed E-state index contributed by atoms with van der Waals surface area (Å²) in [5, 5.41) is 1.46. The number of halogens is 2. The molecule has 0 aliphatic carbocycles. The SMILES string of the molecule is Nc1ccc(Cl)cc1SCc1ccc(Cl)cc1. The lowest BCUT2D eigenvalue weighted by Gasteiger charge is -2.06. The van der Waals surface area contributed by atoms with Gasteiger partial charge in [-0.3, -0.25) is 0 Å². The molecule has 0 unspecified atom stereocenters. The van der Waals surface area contributed by atoms with Gasteiger partial charge in [0.25, 0.3) is 0 Å². The van der Waals surface area contributed by atoms with Gasteiger partial charge in [0.15, 0.2) is 0 Å².